The number of carbonyl (C=O) groups is 1. The standard InChI is InChI=1S/C9H18N2OS/c1-3-10-8(12)11-7-9(13-2)5-4-6-9/h3-7H2,1-2H3,(H2,10,11,12). The van der Waals surface area contributed by atoms with Gasteiger partial charge in [-0.2, -0.15) is 11.8 Å². The summed E-state index contributed by atoms with van der Waals surface area (Å²) in [6.07, 6.45) is 5.90. The van der Waals surface area contributed by atoms with Crippen molar-refractivity contribution in [2.24, 2.45) is 0 Å². The zero-order valence-corrected chi connectivity index (χ0v) is 9.17. The molecule has 1 aliphatic carbocycles. The molecule has 2 amide bonds. The lowest BCUT2D eigenvalue weighted by molar-refractivity contribution is 0.237. The molecule has 4 heteroatoms. The highest BCUT2D eigenvalue weighted by molar-refractivity contribution is 8.00. The van der Waals surface area contributed by atoms with Gasteiger partial charge in [-0.05, 0) is 26.0 Å². The average molecular weight is 202 g/mol. The van der Waals surface area contributed by atoms with Gasteiger partial charge in [0, 0.05) is 17.8 Å². The minimum atomic E-state index is -0.0391. The predicted octanol–water partition coefficient (Wildman–Crippen LogP) is 1.59. The van der Waals surface area contributed by atoms with Gasteiger partial charge in [0.2, 0.25) is 0 Å². The Labute approximate surface area is 84.0 Å². The SMILES string of the molecule is CCNC(=O)NCC1(SC)CCC1. The monoisotopic (exact) mass is 202 g/mol. The minimum absolute atomic E-state index is 0.0391. The smallest absolute Gasteiger partial charge is 0.314 e. The maximum absolute atomic E-state index is 11.1. The lowest BCUT2D eigenvalue weighted by atomic mass is 9.84. The van der Waals surface area contributed by atoms with E-state index in [-0.39, 0.29) is 6.03 Å². The van der Waals surface area contributed by atoms with Gasteiger partial charge in [-0.25, -0.2) is 4.79 Å². The van der Waals surface area contributed by atoms with Crippen LogP contribution in [0.4, 0.5) is 4.79 Å². The maximum Gasteiger partial charge on any atom is 0.314 e. The van der Waals surface area contributed by atoms with E-state index >= 15 is 0 Å². The van der Waals surface area contributed by atoms with Crippen molar-refractivity contribution in [2.45, 2.75) is 30.9 Å². The van der Waals surface area contributed by atoms with Crippen molar-refractivity contribution in [1.82, 2.24) is 10.6 Å². The highest BCUT2D eigenvalue weighted by Gasteiger charge is 2.36. The van der Waals surface area contributed by atoms with Crippen molar-refractivity contribution in [1.29, 1.82) is 0 Å². The van der Waals surface area contributed by atoms with E-state index < -0.39 is 0 Å². The summed E-state index contributed by atoms with van der Waals surface area (Å²) in [5.41, 5.74) is 0. The number of hydrogen-bond donors (Lipinski definition) is 2. The third-order valence-electron chi connectivity index (χ3n) is 2.61. The van der Waals surface area contributed by atoms with Gasteiger partial charge in [-0.15, -0.1) is 0 Å². The second-order valence-electron chi connectivity index (χ2n) is 3.45. The van der Waals surface area contributed by atoms with Crippen molar-refractivity contribution in [3.05, 3.63) is 0 Å². The first-order valence-electron chi connectivity index (χ1n) is 4.79. The van der Waals surface area contributed by atoms with Gasteiger partial charge >= 0.3 is 6.03 Å². The molecular formula is C9H18N2OS. The Morgan fingerprint density at radius 3 is 2.54 bits per heavy atom. The van der Waals surface area contributed by atoms with Gasteiger partial charge < -0.3 is 10.6 Å². The molecule has 0 spiro atoms. The van der Waals surface area contributed by atoms with E-state index in [9.17, 15) is 4.79 Å². The lowest BCUT2D eigenvalue weighted by Crippen LogP contribution is -2.47. The summed E-state index contributed by atoms with van der Waals surface area (Å²) in [7, 11) is 0. The molecule has 1 fully saturated rings. The van der Waals surface area contributed by atoms with Crippen LogP contribution in [0.2, 0.25) is 0 Å². The predicted molar refractivity (Wildman–Crippen MR) is 57.2 cm³/mol. The Balaban J connectivity index is 2.20. The lowest BCUT2D eigenvalue weighted by Gasteiger charge is -2.40. The number of urea groups is 1. The van der Waals surface area contributed by atoms with E-state index in [1.807, 2.05) is 18.7 Å². The molecule has 0 unspecified atom stereocenters. The molecule has 3 nitrogen and oxygen atoms in total. The molecule has 0 aromatic carbocycles. The molecule has 0 aromatic rings. The summed E-state index contributed by atoms with van der Waals surface area (Å²) >= 11 is 1.88. The number of nitrogens with one attached hydrogen (secondary N) is 2. The van der Waals surface area contributed by atoms with Crippen LogP contribution in [0.3, 0.4) is 0 Å². The molecular weight excluding hydrogens is 184 g/mol. The van der Waals surface area contributed by atoms with Gasteiger partial charge in [-0.1, -0.05) is 6.42 Å². The molecule has 1 saturated carbocycles. The molecule has 1 aliphatic rings. The van der Waals surface area contributed by atoms with Crippen LogP contribution in [0.5, 0.6) is 0 Å². The number of carbonyl (C=O) groups excluding carboxylic acids is 1. The van der Waals surface area contributed by atoms with Crippen LogP contribution in [0, 0.1) is 0 Å². The largest absolute Gasteiger partial charge is 0.338 e. The van der Waals surface area contributed by atoms with E-state index in [1.54, 1.807) is 0 Å². The highest BCUT2D eigenvalue weighted by Crippen LogP contribution is 2.41. The van der Waals surface area contributed by atoms with Crippen LogP contribution in [0.15, 0.2) is 0 Å². The fourth-order valence-electron chi connectivity index (χ4n) is 1.49. The maximum atomic E-state index is 11.1. The summed E-state index contributed by atoms with van der Waals surface area (Å²) in [6.45, 7) is 3.42. The van der Waals surface area contributed by atoms with Crippen LogP contribution >= 0.6 is 11.8 Å². The summed E-state index contributed by atoms with van der Waals surface area (Å²) in [5, 5.41) is 5.64. The third kappa shape index (κ3) is 2.79. The van der Waals surface area contributed by atoms with Crippen molar-refractivity contribution in [3.8, 4) is 0 Å². The van der Waals surface area contributed by atoms with E-state index in [0.717, 1.165) is 6.54 Å². The molecule has 0 atom stereocenters. The summed E-state index contributed by atoms with van der Waals surface area (Å²) in [6, 6.07) is -0.0391. The van der Waals surface area contributed by atoms with Crippen molar-refractivity contribution < 1.29 is 4.79 Å². The van der Waals surface area contributed by atoms with Gasteiger partial charge in [0.25, 0.3) is 0 Å². The zero-order valence-electron chi connectivity index (χ0n) is 8.35. The summed E-state index contributed by atoms with van der Waals surface area (Å²) in [4.78, 5) is 11.1. The fraction of sp³-hybridized carbons (Fsp3) is 0.889. The van der Waals surface area contributed by atoms with Crippen molar-refractivity contribution in [3.63, 3.8) is 0 Å². The molecule has 0 radical (unpaired) electrons. The van der Waals surface area contributed by atoms with Crippen LogP contribution in [0.25, 0.3) is 0 Å². The molecule has 0 bridgehead atoms. The van der Waals surface area contributed by atoms with Crippen LogP contribution in [0.1, 0.15) is 26.2 Å². The first-order chi connectivity index (χ1) is 6.22. The molecule has 13 heavy (non-hydrogen) atoms. The Kier molecular flexibility index (Phi) is 3.90. The van der Waals surface area contributed by atoms with Gasteiger partial charge in [0.1, 0.15) is 0 Å². The number of hydrogen-bond acceptors (Lipinski definition) is 2. The van der Waals surface area contributed by atoms with Gasteiger partial charge in [-0.3, -0.25) is 0 Å². The Morgan fingerprint density at radius 2 is 2.15 bits per heavy atom. The van der Waals surface area contributed by atoms with E-state index in [0.29, 0.717) is 11.3 Å². The van der Waals surface area contributed by atoms with Crippen LogP contribution in [-0.2, 0) is 0 Å². The summed E-state index contributed by atoms with van der Waals surface area (Å²) in [5.74, 6) is 0. The highest BCUT2D eigenvalue weighted by atomic mass is 32.2. The average Bonchev–Trinajstić information content (AvgIpc) is 2.04. The van der Waals surface area contributed by atoms with E-state index in [4.69, 9.17) is 0 Å². The van der Waals surface area contributed by atoms with Gasteiger partial charge in [0.05, 0.1) is 0 Å². The first kappa shape index (κ1) is 10.7. The topological polar surface area (TPSA) is 41.1 Å². The number of amides is 2. The molecule has 0 saturated heterocycles. The normalized spacial score (nSPS) is 18.9. The Bertz CT molecular complexity index is 175. The molecule has 76 valence electrons. The fourth-order valence-corrected chi connectivity index (χ4v) is 2.40. The first-order valence-corrected chi connectivity index (χ1v) is 6.02. The van der Waals surface area contributed by atoms with Crippen LogP contribution < -0.4 is 10.6 Å². The summed E-state index contributed by atoms with van der Waals surface area (Å²) < 4.78 is 0.338. The van der Waals surface area contributed by atoms with Crippen molar-refractivity contribution >= 4 is 17.8 Å². The zero-order chi connectivity index (χ0) is 9.73. The van der Waals surface area contributed by atoms with Gasteiger partial charge in [0.15, 0.2) is 0 Å². The van der Waals surface area contributed by atoms with E-state index in [2.05, 4.69) is 16.9 Å². The second kappa shape index (κ2) is 4.74. The molecule has 2 N–H and O–H groups in total. The van der Waals surface area contributed by atoms with Crippen LogP contribution in [-0.4, -0.2) is 30.1 Å². The molecule has 0 aliphatic heterocycles. The number of rotatable bonds is 4. The minimum Gasteiger partial charge on any atom is -0.338 e. The second-order valence-corrected chi connectivity index (χ2v) is 4.73. The molecule has 0 heterocycles. The Morgan fingerprint density at radius 1 is 1.46 bits per heavy atom. The Hall–Kier alpha value is -0.380. The quantitative estimate of drug-likeness (QED) is 0.727. The third-order valence-corrected chi connectivity index (χ3v) is 4.02. The van der Waals surface area contributed by atoms with E-state index in [1.165, 1.54) is 19.3 Å². The van der Waals surface area contributed by atoms with Crippen molar-refractivity contribution in [2.75, 3.05) is 19.3 Å². The molecule has 1 rings (SSSR count). The number of thioether (sulfide) groups is 1. The molecule has 0 aromatic heterocycles.